The highest BCUT2D eigenvalue weighted by atomic mass is 16.7. The lowest BCUT2D eigenvalue weighted by atomic mass is 9.85. The Morgan fingerprint density at radius 2 is 1.84 bits per heavy atom. The maximum absolute atomic E-state index is 13.6. The maximum atomic E-state index is 13.6. The summed E-state index contributed by atoms with van der Waals surface area (Å²) in [4.78, 5) is 25.6. The smallest absolute Gasteiger partial charge is 0.366 e. The van der Waals surface area contributed by atoms with Gasteiger partial charge in [-0.15, -0.1) is 0 Å². The molecule has 196 valence electrons. The van der Waals surface area contributed by atoms with Gasteiger partial charge in [0.25, 0.3) is 5.91 Å². The summed E-state index contributed by atoms with van der Waals surface area (Å²) in [7, 11) is 0. The first-order chi connectivity index (χ1) is 18.4. The number of carbonyl (C=O) groups is 1. The van der Waals surface area contributed by atoms with Crippen LogP contribution in [0.4, 0.5) is 5.69 Å². The number of rotatable bonds is 8. The maximum Gasteiger partial charge on any atom is 0.366 e. The Labute approximate surface area is 220 Å². The third-order valence-electron chi connectivity index (χ3n) is 6.84. The monoisotopic (exact) mass is 514 g/mol. The van der Waals surface area contributed by atoms with Gasteiger partial charge in [0.05, 0.1) is 17.7 Å². The van der Waals surface area contributed by atoms with Gasteiger partial charge in [0.15, 0.2) is 11.9 Å². The van der Waals surface area contributed by atoms with Gasteiger partial charge in [-0.2, -0.15) is 0 Å². The minimum atomic E-state index is -1.86. The van der Waals surface area contributed by atoms with Gasteiger partial charge in [0.1, 0.15) is 0 Å². The van der Waals surface area contributed by atoms with E-state index in [-0.39, 0.29) is 12.7 Å². The summed E-state index contributed by atoms with van der Waals surface area (Å²) in [5.74, 6) is -0.589. The van der Waals surface area contributed by atoms with Gasteiger partial charge in [0.2, 0.25) is 0 Å². The summed E-state index contributed by atoms with van der Waals surface area (Å²) >= 11 is 0. The van der Waals surface area contributed by atoms with E-state index in [1.807, 2.05) is 42.5 Å². The van der Waals surface area contributed by atoms with Crippen LogP contribution >= 0.6 is 0 Å². The Bertz CT molecular complexity index is 1460. The van der Waals surface area contributed by atoms with Crippen molar-refractivity contribution >= 4 is 22.4 Å². The van der Waals surface area contributed by atoms with Crippen LogP contribution in [0.1, 0.15) is 41.6 Å². The molecule has 1 aliphatic rings. The molecule has 1 saturated heterocycles. The van der Waals surface area contributed by atoms with Gasteiger partial charge < -0.3 is 24.4 Å². The summed E-state index contributed by atoms with van der Waals surface area (Å²) in [6.45, 7) is 2.81. The molecule has 0 saturated carbocycles. The number of aromatic nitrogens is 1. The molecule has 2 heterocycles. The highest BCUT2D eigenvalue weighted by molar-refractivity contribution is 6.00. The van der Waals surface area contributed by atoms with Gasteiger partial charge in [-0.1, -0.05) is 59.8 Å². The van der Waals surface area contributed by atoms with Crippen molar-refractivity contribution in [2.24, 2.45) is 0 Å². The molecule has 1 amide bonds. The van der Waals surface area contributed by atoms with Gasteiger partial charge in [0, 0.05) is 24.1 Å². The number of amides is 1. The Hall–Kier alpha value is -3.85. The number of nitrogens with zero attached hydrogens (tertiary/aromatic N) is 1. The van der Waals surface area contributed by atoms with Crippen molar-refractivity contribution in [1.29, 1.82) is 0 Å². The van der Waals surface area contributed by atoms with E-state index in [9.17, 15) is 14.7 Å². The minimum absolute atomic E-state index is 0.0726. The molecule has 4 aromatic rings. The average molecular weight is 515 g/mol. The largest absolute Gasteiger partial charge is 0.375 e. The third kappa shape index (κ3) is 5.67. The number of nitrogens with one attached hydrogen (secondary N) is 1. The molecular formula is C30H30N2O6. The molecule has 0 bridgehead atoms. The Morgan fingerprint density at radius 1 is 1.05 bits per heavy atom. The van der Waals surface area contributed by atoms with Gasteiger partial charge in [-0.25, -0.2) is 4.79 Å². The number of aryl methyl sites for hydroxylation is 1. The summed E-state index contributed by atoms with van der Waals surface area (Å²) < 4.78 is 16.3. The van der Waals surface area contributed by atoms with Crippen molar-refractivity contribution in [2.75, 3.05) is 11.9 Å². The molecule has 3 aromatic carbocycles. The third-order valence-corrected chi connectivity index (χ3v) is 6.84. The molecule has 8 heteroatoms. The first-order valence-electron chi connectivity index (χ1n) is 12.7. The van der Waals surface area contributed by atoms with Crippen molar-refractivity contribution < 1.29 is 23.9 Å². The fourth-order valence-corrected chi connectivity index (χ4v) is 4.66. The normalized spacial score (nSPS) is 17.2. The van der Waals surface area contributed by atoms with E-state index in [4.69, 9.17) is 14.0 Å². The lowest BCUT2D eigenvalue weighted by molar-refractivity contribution is -0.168. The van der Waals surface area contributed by atoms with Crippen molar-refractivity contribution in [3.8, 4) is 0 Å². The number of anilines is 1. The molecule has 38 heavy (non-hydrogen) atoms. The Morgan fingerprint density at radius 3 is 2.58 bits per heavy atom. The molecule has 1 fully saturated rings. The van der Waals surface area contributed by atoms with Gasteiger partial charge >= 0.3 is 5.63 Å². The zero-order chi connectivity index (χ0) is 26.5. The van der Waals surface area contributed by atoms with Gasteiger partial charge in [-0.05, 0) is 61.1 Å². The molecule has 5 rings (SSSR count). The second-order valence-electron chi connectivity index (χ2n) is 9.60. The Kier molecular flexibility index (Phi) is 7.64. The fraction of sp³-hybridized carbons (Fsp3) is 0.300. The molecule has 1 aromatic heterocycles. The molecular weight excluding hydrogens is 484 g/mol. The van der Waals surface area contributed by atoms with E-state index in [0.29, 0.717) is 40.9 Å². The Balaban J connectivity index is 1.40. The molecule has 0 spiro atoms. The lowest BCUT2D eigenvalue weighted by Crippen LogP contribution is -2.42. The topological polar surface area (TPSA) is 111 Å². The molecule has 2 unspecified atom stereocenters. The fourth-order valence-electron chi connectivity index (χ4n) is 4.66. The molecule has 2 N–H and O–H groups in total. The average Bonchev–Trinajstić information content (AvgIpc) is 2.95. The quantitative estimate of drug-likeness (QED) is 0.353. The highest BCUT2D eigenvalue weighted by Gasteiger charge is 2.38. The number of aliphatic hydroxyl groups is 1. The van der Waals surface area contributed by atoms with Gasteiger partial charge in [-0.3, -0.25) is 4.79 Å². The molecule has 2 atom stereocenters. The van der Waals surface area contributed by atoms with Crippen LogP contribution in [-0.2, 0) is 32.9 Å². The molecule has 8 nitrogen and oxygen atoms in total. The molecule has 0 aliphatic carbocycles. The van der Waals surface area contributed by atoms with Crippen molar-refractivity contribution in [3.63, 3.8) is 0 Å². The van der Waals surface area contributed by atoms with Crippen LogP contribution in [0.25, 0.3) is 10.8 Å². The molecule has 0 radical (unpaired) electrons. The van der Waals surface area contributed by atoms with E-state index >= 15 is 0 Å². The van der Waals surface area contributed by atoms with Crippen LogP contribution in [0.3, 0.4) is 0 Å². The van der Waals surface area contributed by atoms with Crippen molar-refractivity contribution in [3.05, 3.63) is 106 Å². The van der Waals surface area contributed by atoms with E-state index in [0.717, 1.165) is 30.4 Å². The standard InChI is InChI=1S/C30H30N2O6/c1-20-26-17-24(14-15-25(26)28(33)38-32-20)31-29(34)30(35,18-21-7-3-2-4-8-21)23-12-10-22(11-13-23)19-37-27-9-5-6-16-36-27/h2-4,7-8,10-15,17,27,35H,5-6,9,16,18-19H2,1H3,(H,31,34). The predicted molar refractivity (Wildman–Crippen MR) is 143 cm³/mol. The number of hydrogen-bond acceptors (Lipinski definition) is 7. The second kappa shape index (κ2) is 11.3. The zero-order valence-corrected chi connectivity index (χ0v) is 21.2. The SMILES string of the molecule is Cc1noc(=O)c2ccc(NC(=O)C(O)(Cc3ccccc3)c3ccc(COC4CCCCO4)cc3)cc12. The van der Waals surface area contributed by atoms with Crippen molar-refractivity contribution in [1.82, 2.24) is 5.16 Å². The number of carbonyl (C=O) groups excluding carboxylic acids is 1. The first kappa shape index (κ1) is 25.8. The number of benzene rings is 3. The predicted octanol–water partition coefficient (Wildman–Crippen LogP) is 4.61. The second-order valence-corrected chi connectivity index (χ2v) is 9.60. The van der Waals surface area contributed by atoms with E-state index in [1.165, 1.54) is 0 Å². The van der Waals surface area contributed by atoms with Crippen LogP contribution in [0.2, 0.25) is 0 Å². The number of fused-ring (bicyclic) bond motifs is 1. The summed E-state index contributed by atoms with van der Waals surface area (Å²) in [5.41, 5.74) is 0.725. The van der Waals surface area contributed by atoms with Crippen molar-refractivity contribution in [2.45, 2.75) is 51.1 Å². The zero-order valence-electron chi connectivity index (χ0n) is 21.2. The minimum Gasteiger partial charge on any atom is -0.375 e. The van der Waals surface area contributed by atoms with E-state index in [2.05, 4.69) is 10.5 Å². The summed E-state index contributed by atoms with van der Waals surface area (Å²) in [6, 6.07) is 21.4. The van der Waals surface area contributed by atoms with Crippen LogP contribution in [-0.4, -0.2) is 29.1 Å². The molecule has 1 aliphatic heterocycles. The van der Waals surface area contributed by atoms with Crippen LogP contribution in [0.15, 0.2) is 82.1 Å². The van der Waals surface area contributed by atoms with Crippen LogP contribution < -0.4 is 10.9 Å². The summed E-state index contributed by atoms with van der Waals surface area (Å²) in [5, 5.41) is 19.4. The van der Waals surface area contributed by atoms with E-state index in [1.54, 1.807) is 37.3 Å². The summed E-state index contributed by atoms with van der Waals surface area (Å²) in [6.07, 6.45) is 2.90. The lowest BCUT2D eigenvalue weighted by Gasteiger charge is -2.28. The van der Waals surface area contributed by atoms with Crippen LogP contribution in [0, 0.1) is 6.92 Å². The number of ether oxygens (including phenoxy) is 2. The number of hydrogen-bond donors (Lipinski definition) is 2. The highest BCUT2D eigenvalue weighted by Crippen LogP contribution is 2.29. The van der Waals surface area contributed by atoms with E-state index < -0.39 is 17.1 Å². The van der Waals surface area contributed by atoms with Crippen LogP contribution in [0.5, 0.6) is 0 Å². The first-order valence-corrected chi connectivity index (χ1v) is 12.7.